The number of rotatable bonds is 4. The first-order chi connectivity index (χ1) is 5.45. The lowest BCUT2D eigenvalue weighted by atomic mass is 10.0. The van der Waals surface area contributed by atoms with Gasteiger partial charge in [-0.3, -0.25) is 9.59 Å². The molecule has 0 unspecified atom stereocenters. The molecule has 3 heteroatoms. The molecule has 0 aliphatic heterocycles. The van der Waals surface area contributed by atoms with E-state index in [1.165, 1.54) is 6.92 Å². The number of ketones is 1. The molecule has 0 aromatic heterocycles. The second kappa shape index (κ2) is 4.70. The van der Waals surface area contributed by atoms with Crippen molar-refractivity contribution in [3.05, 3.63) is 12.2 Å². The van der Waals surface area contributed by atoms with Gasteiger partial charge in [0.05, 0.1) is 12.5 Å². The van der Waals surface area contributed by atoms with E-state index in [0.717, 1.165) is 5.57 Å². The molecular formula is C9H15NO2. The predicted octanol–water partition coefficient (Wildman–Crippen LogP) is 0.904. The molecule has 12 heavy (non-hydrogen) atoms. The largest absolute Gasteiger partial charge is 0.349 e. The molecule has 3 nitrogen and oxygen atoms in total. The number of Topliss-reactive ketones (excluding diaryl/α,β-unsaturated/α-hetero) is 1. The number of hydrogen-bond acceptors (Lipinski definition) is 2. The summed E-state index contributed by atoms with van der Waals surface area (Å²) in [7, 11) is 0. The van der Waals surface area contributed by atoms with Crippen molar-refractivity contribution in [2.45, 2.75) is 20.8 Å². The van der Waals surface area contributed by atoms with Gasteiger partial charge in [-0.05, 0) is 20.8 Å². The quantitative estimate of drug-likeness (QED) is 0.636. The summed E-state index contributed by atoms with van der Waals surface area (Å²) in [5.74, 6) is -0.403. The molecule has 1 N–H and O–H groups in total. The molecule has 68 valence electrons. The second-order valence-electron chi connectivity index (χ2n) is 2.99. The average molecular weight is 169 g/mol. The third-order valence-corrected chi connectivity index (χ3v) is 1.64. The van der Waals surface area contributed by atoms with Gasteiger partial charge in [-0.25, -0.2) is 0 Å². The smallest absolute Gasteiger partial charge is 0.227 e. The lowest BCUT2D eigenvalue weighted by molar-refractivity contribution is -0.126. The number of hydrogen-bond donors (Lipinski definition) is 1. The van der Waals surface area contributed by atoms with E-state index in [0.29, 0.717) is 0 Å². The summed E-state index contributed by atoms with van der Waals surface area (Å²) in [6, 6.07) is 0. The van der Waals surface area contributed by atoms with Gasteiger partial charge in [0.2, 0.25) is 5.91 Å². The van der Waals surface area contributed by atoms with Crippen LogP contribution < -0.4 is 5.32 Å². The zero-order chi connectivity index (χ0) is 9.72. The van der Waals surface area contributed by atoms with Crippen molar-refractivity contribution in [3.8, 4) is 0 Å². The monoisotopic (exact) mass is 169 g/mol. The van der Waals surface area contributed by atoms with E-state index in [2.05, 4.69) is 11.9 Å². The Labute approximate surface area is 72.8 Å². The van der Waals surface area contributed by atoms with Crippen LogP contribution in [0.3, 0.4) is 0 Å². The van der Waals surface area contributed by atoms with Gasteiger partial charge < -0.3 is 5.32 Å². The molecule has 0 bridgehead atoms. The van der Waals surface area contributed by atoms with Crippen molar-refractivity contribution in [2.75, 3.05) is 6.54 Å². The van der Waals surface area contributed by atoms with Gasteiger partial charge in [0.15, 0.2) is 0 Å². The van der Waals surface area contributed by atoms with Crippen molar-refractivity contribution in [1.82, 2.24) is 5.32 Å². The first-order valence-corrected chi connectivity index (χ1v) is 3.87. The minimum Gasteiger partial charge on any atom is -0.349 e. The summed E-state index contributed by atoms with van der Waals surface area (Å²) >= 11 is 0. The Balaban J connectivity index is 3.88. The average Bonchev–Trinajstić information content (AvgIpc) is 1.98. The van der Waals surface area contributed by atoms with Gasteiger partial charge in [0.1, 0.15) is 5.78 Å². The summed E-state index contributed by atoms with van der Waals surface area (Å²) < 4.78 is 0. The highest BCUT2D eigenvalue weighted by Gasteiger charge is 2.12. The molecule has 0 aliphatic rings. The van der Waals surface area contributed by atoms with E-state index >= 15 is 0 Å². The molecule has 1 atom stereocenters. The number of carbonyl (C=O) groups excluding carboxylic acids is 2. The third kappa shape index (κ3) is 3.91. The van der Waals surface area contributed by atoms with Crippen LogP contribution in [0.1, 0.15) is 20.8 Å². The summed E-state index contributed by atoms with van der Waals surface area (Å²) in [6.07, 6.45) is 0. The Morgan fingerprint density at radius 2 is 1.92 bits per heavy atom. The Hall–Kier alpha value is -1.12. The van der Waals surface area contributed by atoms with Crippen LogP contribution in [0.4, 0.5) is 0 Å². The highest BCUT2D eigenvalue weighted by molar-refractivity contribution is 5.86. The topological polar surface area (TPSA) is 46.2 Å². The summed E-state index contributed by atoms with van der Waals surface area (Å²) in [5.41, 5.74) is 0.802. The van der Waals surface area contributed by atoms with Crippen molar-refractivity contribution >= 4 is 11.7 Å². The van der Waals surface area contributed by atoms with E-state index in [1.54, 1.807) is 13.8 Å². The van der Waals surface area contributed by atoms with Gasteiger partial charge in [0.25, 0.3) is 0 Å². The van der Waals surface area contributed by atoms with Crippen LogP contribution in [0, 0.1) is 5.92 Å². The van der Waals surface area contributed by atoms with E-state index in [-0.39, 0.29) is 24.2 Å². The first-order valence-electron chi connectivity index (χ1n) is 3.87. The van der Waals surface area contributed by atoms with Crippen LogP contribution in [0.5, 0.6) is 0 Å². The zero-order valence-corrected chi connectivity index (χ0v) is 7.81. The Kier molecular flexibility index (Phi) is 4.26. The van der Waals surface area contributed by atoms with E-state index < -0.39 is 0 Å². The van der Waals surface area contributed by atoms with Crippen LogP contribution in [-0.4, -0.2) is 18.2 Å². The van der Waals surface area contributed by atoms with Gasteiger partial charge in [-0.2, -0.15) is 0 Å². The van der Waals surface area contributed by atoms with Crippen molar-refractivity contribution < 1.29 is 9.59 Å². The van der Waals surface area contributed by atoms with Crippen molar-refractivity contribution in [2.24, 2.45) is 5.92 Å². The third-order valence-electron chi connectivity index (χ3n) is 1.64. The first kappa shape index (κ1) is 10.9. The molecular weight excluding hydrogens is 154 g/mol. The highest BCUT2D eigenvalue weighted by Crippen LogP contribution is 2.05. The summed E-state index contributed by atoms with van der Waals surface area (Å²) in [4.78, 5) is 21.7. The number of nitrogens with one attached hydrogen (secondary N) is 1. The van der Waals surface area contributed by atoms with Gasteiger partial charge in [-0.15, -0.1) is 0 Å². The fourth-order valence-electron chi connectivity index (χ4n) is 0.588. The molecule has 0 aromatic carbocycles. The maximum Gasteiger partial charge on any atom is 0.227 e. The maximum atomic E-state index is 11.2. The Bertz CT molecular complexity index is 209. The zero-order valence-electron chi connectivity index (χ0n) is 7.81. The van der Waals surface area contributed by atoms with Crippen LogP contribution in [0.15, 0.2) is 12.2 Å². The van der Waals surface area contributed by atoms with Crippen molar-refractivity contribution in [1.29, 1.82) is 0 Å². The number of carbonyl (C=O) groups is 2. The number of amides is 1. The molecule has 1 amide bonds. The molecule has 0 fully saturated rings. The Morgan fingerprint density at radius 1 is 1.42 bits per heavy atom. The van der Waals surface area contributed by atoms with Crippen LogP contribution >= 0.6 is 0 Å². The van der Waals surface area contributed by atoms with Crippen LogP contribution in [0.25, 0.3) is 0 Å². The van der Waals surface area contributed by atoms with Gasteiger partial charge in [0, 0.05) is 0 Å². The molecule has 0 aromatic rings. The fraction of sp³-hybridized carbons (Fsp3) is 0.556. The predicted molar refractivity (Wildman–Crippen MR) is 47.7 cm³/mol. The maximum absolute atomic E-state index is 11.2. The minimum absolute atomic E-state index is 0.0442. The molecule has 0 radical (unpaired) electrons. The van der Waals surface area contributed by atoms with E-state index in [1.807, 2.05) is 0 Å². The molecule has 0 rings (SSSR count). The van der Waals surface area contributed by atoms with Crippen molar-refractivity contribution in [3.63, 3.8) is 0 Å². The summed E-state index contributed by atoms with van der Waals surface area (Å²) in [5, 5.41) is 2.51. The fourth-order valence-corrected chi connectivity index (χ4v) is 0.588. The molecule has 0 spiro atoms. The minimum atomic E-state index is -0.218. The van der Waals surface area contributed by atoms with Crippen LogP contribution in [-0.2, 0) is 9.59 Å². The van der Waals surface area contributed by atoms with Crippen LogP contribution in [0.2, 0.25) is 0 Å². The second-order valence-corrected chi connectivity index (χ2v) is 2.99. The van der Waals surface area contributed by atoms with Gasteiger partial charge in [-0.1, -0.05) is 12.2 Å². The van der Waals surface area contributed by atoms with E-state index in [4.69, 9.17) is 0 Å². The standard InChI is InChI=1S/C9H15NO2/c1-6(2)8(4)9(12)10-5-7(3)11/h8H,1,5H2,2-4H3,(H,10,12)/t8-/m0/s1. The van der Waals surface area contributed by atoms with E-state index in [9.17, 15) is 9.59 Å². The molecule has 0 saturated heterocycles. The highest BCUT2D eigenvalue weighted by atomic mass is 16.2. The molecule has 0 saturated carbocycles. The molecule has 0 aliphatic carbocycles. The lowest BCUT2D eigenvalue weighted by Gasteiger charge is -2.10. The normalized spacial score (nSPS) is 11.9. The van der Waals surface area contributed by atoms with Gasteiger partial charge >= 0.3 is 0 Å². The SMILES string of the molecule is C=C(C)[C@H](C)C(=O)NCC(C)=O. The molecule has 0 heterocycles. The lowest BCUT2D eigenvalue weighted by Crippen LogP contribution is -2.33. The summed E-state index contributed by atoms with van der Waals surface area (Å²) in [6.45, 7) is 8.75. The Morgan fingerprint density at radius 3 is 2.25 bits per heavy atom.